The number of esters is 1. The fraction of sp³-hybridized carbons (Fsp3) is 0.250. The van der Waals surface area contributed by atoms with Gasteiger partial charge in [0.1, 0.15) is 5.82 Å². The summed E-state index contributed by atoms with van der Waals surface area (Å²) in [6, 6.07) is 10.6. The zero-order valence-corrected chi connectivity index (χ0v) is 23.6. The molecule has 2 aliphatic heterocycles. The van der Waals surface area contributed by atoms with Gasteiger partial charge >= 0.3 is 5.97 Å². The molecule has 216 valence electrons. The van der Waals surface area contributed by atoms with Crippen LogP contribution in [0.25, 0.3) is 16.7 Å². The van der Waals surface area contributed by atoms with E-state index in [1.807, 2.05) is 18.2 Å². The number of methoxy groups -OCH3 is 1. The monoisotopic (exact) mass is 591 g/mol. The molecule has 0 aliphatic carbocycles. The molecule has 0 radical (unpaired) electrons. The molecule has 42 heavy (non-hydrogen) atoms. The van der Waals surface area contributed by atoms with E-state index in [1.54, 1.807) is 35.4 Å². The number of fused-ring (bicyclic) bond motifs is 4. The van der Waals surface area contributed by atoms with Crippen LogP contribution < -0.4 is 5.32 Å². The number of halogens is 3. The van der Waals surface area contributed by atoms with E-state index in [4.69, 9.17) is 16.3 Å². The predicted molar refractivity (Wildman–Crippen MR) is 155 cm³/mol. The maximum atomic E-state index is 14.7. The summed E-state index contributed by atoms with van der Waals surface area (Å²) < 4.78 is 34.0. The third-order valence-electron chi connectivity index (χ3n) is 7.40. The fourth-order valence-electron chi connectivity index (χ4n) is 5.28. The first kappa shape index (κ1) is 29.1. The molecule has 3 heterocycles. The van der Waals surface area contributed by atoms with E-state index in [0.717, 1.165) is 12.1 Å². The van der Waals surface area contributed by atoms with Crippen LogP contribution in [0.2, 0.25) is 5.02 Å². The van der Waals surface area contributed by atoms with Gasteiger partial charge in [0, 0.05) is 30.9 Å². The molecule has 5 rings (SSSR count). The third-order valence-corrected chi connectivity index (χ3v) is 7.70. The normalized spacial score (nSPS) is 18.0. The van der Waals surface area contributed by atoms with E-state index in [0.29, 0.717) is 47.3 Å². The van der Waals surface area contributed by atoms with Gasteiger partial charge in [0.05, 0.1) is 35.9 Å². The largest absolute Gasteiger partial charge is 0.469 e. The van der Waals surface area contributed by atoms with Crippen molar-refractivity contribution in [2.45, 2.75) is 31.7 Å². The third kappa shape index (κ3) is 6.11. The lowest BCUT2D eigenvalue weighted by Crippen LogP contribution is -2.37. The van der Waals surface area contributed by atoms with Crippen LogP contribution in [-0.4, -0.2) is 47.9 Å². The van der Waals surface area contributed by atoms with Crippen molar-refractivity contribution in [3.05, 3.63) is 106 Å². The van der Waals surface area contributed by atoms with Gasteiger partial charge in [0.15, 0.2) is 5.82 Å². The maximum Gasteiger partial charge on any atom is 0.309 e. The molecule has 2 aliphatic rings. The average molecular weight is 592 g/mol. The first-order valence-corrected chi connectivity index (χ1v) is 13.9. The van der Waals surface area contributed by atoms with Crippen LogP contribution in [0.15, 0.2) is 66.9 Å². The van der Waals surface area contributed by atoms with Gasteiger partial charge in [-0.25, -0.2) is 8.78 Å². The van der Waals surface area contributed by atoms with Crippen LogP contribution in [0.4, 0.5) is 8.78 Å². The molecule has 1 N–H and O–H groups in total. The van der Waals surface area contributed by atoms with Crippen molar-refractivity contribution in [1.29, 1.82) is 0 Å². The van der Waals surface area contributed by atoms with E-state index in [2.05, 4.69) is 10.3 Å². The van der Waals surface area contributed by atoms with E-state index in [-0.39, 0.29) is 41.5 Å². The molecule has 0 spiro atoms. The second-order valence-corrected chi connectivity index (χ2v) is 10.4. The van der Waals surface area contributed by atoms with Crippen molar-refractivity contribution < 1.29 is 27.9 Å². The molecule has 0 saturated carbocycles. The minimum absolute atomic E-state index is 0.0268. The number of carbonyl (C=O) groups excluding carboxylic acids is 3. The minimum atomic E-state index is -0.889. The number of rotatable bonds is 4. The number of ether oxygens (including phenoxy) is 1. The van der Waals surface area contributed by atoms with Gasteiger partial charge in [-0.1, -0.05) is 35.9 Å². The van der Waals surface area contributed by atoms with Crippen molar-refractivity contribution >= 4 is 35.0 Å². The van der Waals surface area contributed by atoms with Crippen molar-refractivity contribution in [1.82, 2.24) is 15.2 Å². The van der Waals surface area contributed by atoms with E-state index >= 15 is 0 Å². The SMILES string of the molecule is COC(=O)Cc1ccc2c(c1)C(=O)NCC/C=C/C[C@H](N1CCC(c3c(F)ccc(Cl)c3F)=CC1=O)c1cc-2ccn1. The van der Waals surface area contributed by atoms with Crippen LogP contribution in [0.3, 0.4) is 0 Å². The minimum Gasteiger partial charge on any atom is -0.469 e. The van der Waals surface area contributed by atoms with Gasteiger partial charge in [-0.15, -0.1) is 0 Å². The molecule has 3 aromatic rings. The van der Waals surface area contributed by atoms with E-state index < -0.39 is 29.6 Å². The molecule has 0 unspecified atom stereocenters. The zero-order chi connectivity index (χ0) is 29.8. The molecule has 10 heteroatoms. The van der Waals surface area contributed by atoms with Crippen molar-refractivity contribution in [3.63, 3.8) is 0 Å². The van der Waals surface area contributed by atoms with Crippen LogP contribution in [-0.2, 0) is 20.7 Å². The number of hydrogen-bond donors (Lipinski definition) is 1. The van der Waals surface area contributed by atoms with Crippen LogP contribution in [0.1, 0.15) is 52.5 Å². The molecule has 1 atom stereocenters. The average Bonchev–Trinajstić information content (AvgIpc) is 2.99. The quantitative estimate of drug-likeness (QED) is 0.234. The Morgan fingerprint density at radius 1 is 1.12 bits per heavy atom. The number of pyridine rings is 1. The molecule has 2 aromatic carbocycles. The Bertz CT molecular complexity index is 1620. The number of benzene rings is 2. The van der Waals surface area contributed by atoms with Crippen LogP contribution in [0.5, 0.6) is 0 Å². The molecule has 0 fully saturated rings. The number of carbonyl (C=O) groups is 3. The topological polar surface area (TPSA) is 88.6 Å². The summed E-state index contributed by atoms with van der Waals surface area (Å²) in [6.07, 6.45) is 8.01. The second-order valence-electron chi connectivity index (χ2n) is 10.0. The molecule has 7 nitrogen and oxygen atoms in total. The Balaban J connectivity index is 1.53. The molecule has 1 aromatic heterocycles. The summed E-state index contributed by atoms with van der Waals surface area (Å²) in [4.78, 5) is 44.7. The highest BCUT2D eigenvalue weighted by atomic mass is 35.5. The maximum absolute atomic E-state index is 14.7. The molecular formula is C32H28ClF2N3O4. The first-order chi connectivity index (χ1) is 20.3. The summed E-state index contributed by atoms with van der Waals surface area (Å²) >= 11 is 5.88. The molecule has 2 bridgehead atoms. The summed E-state index contributed by atoms with van der Waals surface area (Å²) in [5.41, 5.74) is 2.97. The van der Waals surface area contributed by atoms with Crippen LogP contribution in [0, 0.1) is 11.6 Å². The number of amides is 2. The lowest BCUT2D eigenvalue weighted by atomic mass is 9.93. The summed E-state index contributed by atoms with van der Waals surface area (Å²) in [5, 5.41) is 2.72. The second kappa shape index (κ2) is 12.7. The zero-order valence-electron chi connectivity index (χ0n) is 22.8. The van der Waals surface area contributed by atoms with Gasteiger partial charge in [0.2, 0.25) is 5.91 Å². The number of nitrogens with one attached hydrogen (secondary N) is 1. The van der Waals surface area contributed by atoms with E-state index in [9.17, 15) is 23.2 Å². The molecular weight excluding hydrogens is 564 g/mol. The number of aromatic nitrogens is 1. The lowest BCUT2D eigenvalue weighted by Gasteiger charge is -2.34. The molecule has 0 saturated heterocycles. The van der Waals surface area contributed by atoms with Crippen molar-refractivity contribution in [2.24, 2.45) is 0 Å². The van der Waals surface area contributed by atoms with Gasteiger partial charge in [-0.05, 0) is 71.9 Å². The standard InChI is InChI=1S/C32H28ClF2N3O4/c1-42-29(40)16-19-6-7-22-20-10-13-36-26(17-20)27(5-3-2-4-12-37-32(41)23(22)15-19)38-14-11-21(18-28(38)39)30-25(34)9-8-24(33)31(30)35/h2-3,6-10,13,15,17-18,27H,4-5,11-12,14,16H2,1H3,(H,37,41)/b3-2+/t27-/m0/s1. The highest BCUT2D eigenvalue weighted by molar-refractivity contribution is 6.31. The predicted octanol–water partition coefficient (Wildman–Crippen LogP) is 5.83. The lowest BCUT2D eigenvalue weighted by molar-refractivity contribution is -0.139. The molecule has 2 amide bonds. The van der Waals surface area contributed by atoms with E-state index in [1.165, 1.54) is 13.2 Å². The Labute approximate surface area is 246 Å². The van der Waals surface area contributed by atoms with Crippen LogP contribution >= 0.6 is 11.6 Å². The summed E-state index contributed by atoms with van der Waals surface area (Å²) in [5.74, 6) is -2.75. The van der Waals surface area contributed by atoms with Gasteiger partial charge < -0.3 is 15.0 Å². The van der Waals surface area contributed by atoms with Gasteiger partial charge in [0.25, 0.3) is 5.91 Å². The number of nitrogens with zero attached hydrogens (tertiary/aromatic N) is 2. The Morgan fingerprint density at radius 3 is 2.74 bits per heavy atom. The van der Waals surface area contributed by atoms with Gasteiger partial charge in [-0.3, -0.25) is 19.4 Å². The van der Waals surface area contributed by atoms with Crippen molar-refractivity contribution in [3.8, 4) is 11.1 Å². The smallest absolute Gasteiger partial charge is 0.309 e. The fourth-order valence-corrected chi connectivity index (χ4v) is 5.43. The van der Waals surface area contributed by atoms with Crippen molar-refractivity contribution in [2.75, 3.05) is 20.2 Å². The number of hydrogen-bond acceptors (Lipinski definition) is 5. The highest BCUT2D eigenvalue weighted by Crippen LogP contribution is 2.36. The first-order valence-electron chi connectivity index (χ1n) is 13.5. The Morgan fingerprint density at radius 2 is 1.95 bits per heavy atom. The Kier molecular flexibility index (Phi) is 8.77. The summed E-state index contributed by atoms with van der Waals surface area (Å²) in [6.45, 7) is 0.607. The summed E-state index contributed by atoms with van der Waals surface area (Å²) in [7, 11) is 1.31. The Hall–Kier alpha value is -4.37. The van der Waals surface area contributed by atoms with Gasteiger partial charge in [-0.2, -0.15) is 0 Å². The highest BCUT2D eigenvalue weighted by Gasteiger charge is 2.30.